The lowest BCUT2D eigenvalue weighted by atomic mass is 9.79. The normalized spacial score (nSPS) is 26.2. The Morgan fingerprint density at radius 1 is 1.45 bits per heavy atom. The molecule has 1 aromatic rings. The van der Waals surface area contributed by atoms with Gasteiger partial charge in [0.05, 0.1) is 11.3 Å². The molecular weight excluding hydrogens is 256 g/mol. The summed E-state index contributed by atoms with van der Waals surface area (Å²) in [5.41, 5.74) is 5.26. The van der Waals surface area contributed by atoms with E-state index in [-0.39, 0.29) is 23.9 Å². The van der Waals surface area contributed by atoms with Gasteiger partial charge in [-0.05, 0) is 49.8 Å². The zero-order valence-corrected chi connectivity index (χ0v) is 11.7. The number of rotatable bonds is 3. The summed E-state index contributed by atoms with van der Waals surface area (Å²) in [5.74, 6) is 0.218. The minimum atomic E-state index is -0.808. The predicted molar refractivity (Wildman–Crippen MR) is 77.4 cm³/mol. The van der Waals surface area contributed by atoms with Crippen molar-refractivity contribution in [2.45, 2.75) is 38.2 Å². The van der Waals surface area contributed by atoms with Crippen LogP contribution in [0.2, 0.25) is 0 Å². The summed E-state index contributed by atoms with van der Waals surface area (Å²) in [7, 11) is 0. The molecule has 110 valence electrons. The molecule has 1 fully saturated rings. The molecule has 5 heteroatoms. The number of hydrogen-bond donors (Lipinski definition) is 4. The Morgan fingerprint density at radius 3 is 2.70 bits per heavy atom. The van der Waals surface area contributed by atoms with E-state index >= 15 is 0 Å². The Hall–Kier alpha value is -1.75. The highest BCUT2D eigenvalue weighted by Gasteiger charge is 2.32. The van der Waals surface area contributed by atoms with E-state index in [9.17, 15) is 15.0 Å². The quantitative estimate of drug-likeness (QED) is 0.499. The molecule has 0 spiro atoms. The molecule has 5 nitrogen and oxygen atoms in total. The molecule has 0 unspecified atom stereocenters. The van der Waals surface area contributed by atoms with Gasteiger partial charge in [-0.2, -0.15) is 0 Å². The molecule has 0 saturated heterocycles. The first-order valence-corrected chi connectivity index (χ1v) is 6.99. The fraction of sp³-hybridized carbons (Fsp3) is 0.533. The second-order valence-corrected chi connectivity index (χ2v) is 5.86. The molecule has 0 heterocycles. The monoisotopic (exact) mass is 278 g/mol. The topological polar surface area (TPSA) is 95.6 Å². The molecule has 2 rings (SSSR count). The van der Waals surface area contributed by atoms with Crippen molar-refractivity contribution in [2.24, 2.45) is 5.92 Å². The van der Waals surface area contributed by atoms with Crippen LogP contribution in [0, 0.1) is 5.92 Å². The van der Waals surface area contributed by atoms with Crippen LogP contribution in [-0.2, 0) is 0 Å². The summed E-state index contributed by atoms with van der Waals surface area (Å²) in [5, 5.41) is 22.6. The molecule has 1 aliphatic carbocycles. The van der Waals surface area contributed by atoms with Crippen LogP contribution in [0.25, 0.3) is 0 Å². The number of phenolic OH excluding ortho intramolecular Hbond substituents is 1. The van der Waals surface area contributed by atoms with Crippen molar-refractivity contribution < 1.29 is 15.0 Å². The highest BCUT2D eigenvalue weighted by molar-refractivity contribution is 5.95. The minimum absolute atomic E-state index is 0.108. The standard InChI is InChI=1S/C15H22N2O3/c1-10-4-6-15(20,7-5-10)9-17-14(19)11-2-3-12(16)13(18)8-11/h2-3,8,10,18,20H,4-7,9,16H2,1H3,(H,17,19). The van der Waals surface area contributed by atoms with Crippen molar-refractivity contribution in [2.75, 3.05) is 12.3 Å². The second kappa shape index (κ2) is 5.71. The summed E-state index contributed by atoms with van der Waals surface area (Å²) in [6.45, 7) is 2.42. The highest BCUT2D eigenvalue weighted by Crippen LogP contribution is 2.31. The van der Waals surface area contributed by atoms with E-state index in [2.05, 4.69) is 12.2 Å². The lowest BCUT2D eigenvalue weighted by Gasteiger charge is -2.34. The Bertz CT molecular complexity index is 494. The Kier molecular flexibility index (Phi) is 4.18. The number of aromatic hydroxyl groups is 1. The molecule has 0 bridgehead atoms. The SMILES string of the molecule is CC1CCC(O)(CNC(=O)c2ccc(N)c(O)c2)CC1. The smallest absolute Gasteiger partial charge is 0.251 e. The van der Waals surface area contributed by atoms with Gasteiger partial charge in [0.1, 0.15) is 5.75 Å². The molecular formula is C15H22N2O3. The maximum absolute atomic E-state index is 12.0. The number of nitrogens with one attached hydrogen (secondary N) is 1. The summed E-state index contributed by atoms with van der Waals surface area (Å²) in [6.07, 6.45) is 3.38. The van der Waals surface area contributed by atoms with Gasteiger partial charge in [0.2, 0.25) is 0 Å². The van der Waals surface area contributed by atoms with Crippen LogP contribution < -0.4 is 11.1 Å². The Labute approximate surface area is 118 Å². The highest BCUT2D eigenvalue weighted by atomic mass is 16.3. The molecule has 1 aromatic carbocycles. The third-order valence-electron chi connectivity index (χ3n) is 4.08. The van der Waals surface area contributed by atoms with Crippen LogP contribution in [0.5, 0.6) is 5.75 Å². The number of anilines is 1. The van der Waals surface area contributed by atoms with Crippen LogP contribution in [0.15, 0.2) is 18.2 Å². The Morgan fingerprint density at radius 2 is 2.10 bits per heavy atom. The first kappa shape index (κ1) is 14.7. The predicted octanol–water partition coefficient (Wildman–Crippen LogP) is 1.65. The van der Waals surface area contributed by atoms with E-state index in [1.165, 1.54) is 12.1 Å². The zero-order chi connectivity index (χ0) is 14.8. The number of hydrogen-bond acceptors (Lipinski definition) is 4. The van der Waals surface area contributed by atoms with Crippen LogP contribution in [0.3, 0.4) is 0 Å². The maximum atomic E-state index is 12.0. The van der Waals surface area contributed by atoms with E-state index in [1.54, 1.807) is 6.07 Å². The largest absolute Gasteiger partial charge is 0.506 e. The van der Waals surface area contributed by atoms with Crippen LogP contribution in [-0.4, -0.2) is 28.3 Å². The summed E-state index contributed by atoms with van der Waals surface area (Å²) in [6, 6.07) is 4.37. The van der Waals surface area contributed by atoms with Crippen LogP contribution in [0.4, 0.5) is 5.69 Å². The number of benzene rings is 1. The maximum Gasteiger partial charge on any atom is 0.251 e. The molecule has 0 radical (unpaired) electrons. The van der Waals surface area contributed by atoms with Gasteiger partial charge in [-0.25, -0.2) is 0 Å². The van der Waals surface area contributed by atoms with Gasteiger partial charge < -0.3 is 21.3 Å². The molecule has 1 aliphatic rings. The van der Waals surface area contributed by atoms with E-state index in [0.29, 0.717) is 24.3 Å². The minimum Gasteiger partial charge on any atom is -0.506 e. The molecule has 20 heavy (non-hydrogen) atoms. The second-order valence-electron chi connectivity index (χ2n) is 5.86. The number of nitrogen functional groups attached to an aromatic ring is 1. The van der Waals surface area contributed by atoms with Gasteiger partial charge in [0.15, 0.2) is 0 Å². The fourth-order valence-corrected chi connectivity index (χ4v) is 2.51. The van der Waals surface area contributed by atoms with Crippen molar-refractivity contribution in [1.29, 1.82) is 0 Å². The lowest BCUT2D eigenvalue weighted by molar-refractivity contribution is -0.00539. The molecule has 1 amide bonds. The average Bonchev–Trinajstić information content (AvgIpc) is 2.43. The van der Waals surface area contributed by atoms with Crippen molar-refractivity contribution in [3.63, 3.8) is 0 Å². The van der Waals surface area contributed by atoms with Crippen LogP contribution >= 0.6 is 0 Å². The van der Waals surface area contributed by atoms with Gasteiger partial charge in [-0.1, -0.05) is 6.92 Å². The molecule has 0 atom stereocenters. The van der Waals surface area contributed by atoms with Crippen molar-refractivity contribution in [1.82, 2.24) is 5.32 Å². The number of carbonyl (C=O) groups excluding carboxylic acids is 1. The molecule has 0 aromatic heterocycles. The summed E-state index contributed by atoms with van der Waals surface area (Å²) < 4.78 is 0. The fourth-order valence-electron chi connectivity index (χ4n) is 2.51. The van der Waals surface area contributed by atoms with Gasteiger partial charge in [0, 0.05) is 12.1 Å². The van der Waals surface area contributed by atoms with Crippen molar-refractivity contribution >= 4 is 11.6 Å². The zero-order valence-electron chi connectivity index (χ0n) is 11.7. The molecule has 0 aliphatic heterocycles. The summed E-state index contributed by atoms with van der Waals surface area (Å²) >= 11 is 0. The Balaban J connectivity index is 1.93. The van der Waals surface area contributed by atoms with Crippen molar-refractivity contribution in [3.8, 4) is 5.75 Å². The van der Waals surface area contributed by atoms with Gasteiger partial charge in [0.25, 0.3) is 5.91 Å². The number of aliphatic hydroxyl groups is 1. The number of carbonyl (C=O) groups is 1. The number of nitrogens with two attached hydrogens (primary N) is 1. The number of phenols is 1. The first-order valence-electron chi connectivity index (χ1n) is 6.99. The summed E-state index contributed by atoms with van der Waals surface area (Å²) in [4.78, 5) is 12.0. The lowest BCUT2D eigenvalue weighted by Crippen LogP contribution is -2.45. The van der Waals surface area contributed by atoms with E-state index < -0.39 is 5.60 Å². The van der Waals surface area contributed by atoms with Crippen LogP contribution in [0.1, 0.15) is 43.0 Å². The third-order valence-corrected chi connectivity index (χ3v) is 4.08. The van der Waals surface area contributed by atoms with Crippen molar-refractivity contribution in [3.05, 3.63) is 23.8 Å². The van der Waals surface area contributed by atoms with Gasteiger partial charge in [-0.3, -0.25) is 4.79 Å². The number of amides is 1. The van der Waals surface area contributed by atoms with Gasteiger partial charge in [-0.15, -0.1) is 0 Å². The van der Waals surface area contributed by atoms with Gasteiger partial charge >= 0.3 is 0 Å². The van der Waals surface area contributed by atoms with E-state index in [0.717, 1.165) is 12.8 Å². The third kappa shape index (κ3) is 3.42. The molecule has 1 saturated carbocycles. The molecule has 5 N–H and O–H groups in total. The van der Waals surface area contributed by atoms with E-state index in [1.807, 2.05) is 0 Å². The average molecular weight is 278 g/mol. The first-order chi connectivity index (χ1) is 9.39. The van der Waals surface area contributed by atoms with E-state index in [4.69, 9.17) is 5.73 Å².